The summed E-state index contributed by atoms with van der Waals surface area (Å²) in [6.45, 7) is 1.36. The lowest BCUT2D eigenvalue weighted by Crippen LogP contribution is -2.50. The van der Waals surface area contributed by atoms with E-state index in [2.05, 4.69) is 15.9 Å². The molecule has 1 aliphatic heterocycles. The summed E-state index contributed by atoms with van der Waals surface area (Å²) >= 11 is 3.30. The summed E-state index contributed by atoms with van der Waals surface area (Å²) < 4.78 is 27.6. The monoisotopic (exact) mass is 434 g/mol. The maximum Gasteiger partial charge on any atom is 0.246 e. The van der Waals surface area contributed by atoms with E-state index in [4.69, 9.17) is 0 Å². The summed E-state index contributed by atoms with van der Waals surface area (Å²) in [4.78, 5) is 14.2. The summed E-state index contributed by atoms with van der Waals surface area (Å²) in [5.41, 5.74) is 0.956. The van der Waals surface area contributed by atoms with Crippen molar-refractivity contribution in [3.8, 4) is 0 Å². The van der Waals surface area contributed by atoms with Crippen LogP contribution in [0.1, 0.15) is 5.56 Å². The van der Waals surface area contributed by atoms with E-state index in [9.17, 15) is 13.2 Å². The third-order valence-electron chi connectivity index (χ3n) is 4.22. The molecule has 1 fully saturated rings. The Hall–Kier alpha value is -1.96. The normalized spacial score (nSPS) is 16.1. The van der Waals surface area contributed by atoms with E-state index in [0.29, 0.717) is 26.2 Å². The van der Waals surface area contributed by atoms with Crippen LogP contribution in [-0.2, 0) is 14.8 Å². The maximum absolute atomic E-state index is 12.7. The highest BCUT2D eigenvalue weighted by atomic mass is 79.9. The average Bonchev–Trinajstić information content (AvgIpc) is 2.67. The number of halogens is 1. The number of carbonyl (C=O) groups is 1. The van der Waals surface area contributed by atoms with E-state index in [-0.39, 0.29) is 10.8 Å². The van der Waals surface area contributed by atoms with Crippen LogP contribution in [0.15, 0.2) is 70.0 Å². The molecule has 5 nitrogen and oxygen atoms in total. The lowest BCUT2D eigenvalue weighted by molar-refractivity contribution is -0.127. The quantitative estimate of drug-likeness (QED) is 0.694. The molecule has 0 aliphatic carbocycles. The standard InChI is InChI=1S/C19H19BrN2O3S/c20-17-7-9-18(10-8-17)26(24,25)22-14-12-21(13-15-22)19(23)11-6-16-4-2-1-3-5-16/h1-11H,12-15H2. The van der Waals surface area contributed by atoms with Gasteiger partial charge in [-0.05, 0) is 35.9 Å². The van der Waals surface area contributed by atoms with Gasteiger partial charge in [-0.15, -0.1) is 0 Å². The van der Waals surface area contributed by atoms with Gasteiger partial charge in [0, 0.05) is 36.7 Å². The van der Waals surface area contributed by atoms with Crippen molar-refractivity contribution in [3.05, 3.63) is 70.7 Å². The highest BCUT2D eigenvalue weighted by molar-refractivity contribution is 9.10. The first-order chi connectivity index (χ1) is 12.5. The smallest absolute Gasteiger partial charge is 0.246 e. The molecule has 3 rings (SSSR count). The van der Waals surface area contributed by atoms with Crippen molar-refractivity contribution >= 4 is 37.9 Å². The Morgan fingerprint density at radius 1 is 0.923 bits per heavy atom. The van der Waals surface area contributed by atoms with Gasteiger partial charge in [0.25, 0.3) is 0 Å². The number of carbonyl (C=O) groups excluding carboxylic acids is 1. The van der Waals surface area contributed by atoms with Crippen LogP contribution in [0.4, 0.5) is 0 Å². The largest absolute Gasteiger partial charge is 0.337 e. The molecule has 1 heterocycles. The highest BCUT2D eigenvalue weighted by Gasteiger charge is 2.29. The minimum absolute atomic E-state index is 0.102. The summed E-state index contributed by atoms with van der Waals surface area (Å²) in [5, 5.41) is 0. The molecule has 0 radical (unpaired) electrons. The fourth-order valence-corrected chi connectivity index (χ4v) is 4.43. The van der Waals surface area contributed by atoms with Crippen LogP contribution in [0.2, 0.25) is 0 Å². The molecule has 1 amide bonds. The van der Waals surface area contributed by atoms with Gasteiger partial charge in [0.2, 0.25) is 15.9 Å². The second-order valence-corrected chi connectivity index (χ2v) is 8.78. The molecule has 2 aromatic rings. The van der Waals surface area contributed by atoms with Crippen LogP contribution < -0.4 is 0 Å². The lowest BCUT2D eigenvalue weighted by Gasteiger charge is -2.33. The summed E-state index contributed by atoms with van der Waals surface area (Å²) in [7, 11) is -3.53. The first-order valence-electron chi connectivity index (χ1n) is 8.24. The Morgan fingerprint density at radius 2 is 1.54 bits per heavy atom. The van der Waals surface area contributed by atoms with Crippen molar-refractivity contribution in [2.24, 2.45) is 0 Å². The fraction of sp³-hybridized carbons (Fsp3) is 0.211. The van der Waals surface area contributed by atoms with E-state index in [0.717, 1.165) is 10.0 Å². The number of nitrogens with zero attached hydrogens (tertiary/aromatic N) is 2. The van der Waals surface area contributed by atoms with Crippen LogP contribution in [0.5, 0.6) is 0 Å². The number of amides is 1. The molecule has 0 spiro atoms. The predicted octanol–water partition coefficient (Wildman–Crippen LogP) is 3.00. The van der Waals surface area contributed by atoms with Gasteiger partial charge >= 0.3 is 0 Å². The number of sulfonamides is 1. The number of hydrogen-bond donors (Lipinski definition) is 0. The van der Waals surface area contributed by atoms with Crippen molar-refractivity contribution in [1.29, 1.82) is 0 Å². The van der Waals surface area contributed by atoms with Crippen molar-refractivity contribution < 1.29 is 13.2 Å². The first-order valence-corrected chi connectivity index (χ1v) is 10.5. The molecule has 0 unspecified atom stereocenters. The summed E-state index contributed by atoms with van der Waals surface area (Å²) in [5.74, 6) is -0.102. The zero-order valence-corrected chi connectivity index (χ0v) is 16.5. The van der Waals surface area contributed by atoms with Crippen LogP contribution >= 0.6 is 15.9 Å². The summed E-state index contributed by atoms with van der Waals surface area (Å²) in [6, 6.07) is 16.2. The molecule has 7 heteroatoms. The van der Waals surface area contributed by atoms with Crippen molar-refractivity contribution in [3.63, 3.8) is 0 Å². The average molecular weight is 435 g/mol. The van der Waals surface area contributed by atoms with Crippen LogP contribution in [-0.4, -0.2) is 49.7 Å². The molecule has 1 saturated heterocycles. The Labute approximate surface area is 162 Å². The third kappa shape index (κ3) is 4.41. The van der Waals surface area contributed by atoms with Crippen LogP contribution in [0, 0.1) is 0 Å². The molecule has 0 bridgehead atoms. The van der Waals surface area contributed by atoms with Gasteiger partial charge in [-0.3, -0.25) is 4.79 Å². The number of rotatable bonds is 4. The minimum atomic E-state index is -3.53. The maximum atomic E-state index is 12.7. The molecule has 1 aliphatic rings. The van der Waals surface area contributed by atoms with Gasteiger partial charge in [0.15, 0.2) is 0 Å². The molecule has 0 N–H and O–H groups in total. The van der Waals surface area contributed by atoms with E-state index < -0.39 is 10.0 Å². The lowest BCUT2D eigenvalue weighted by atomic mass is 10.2. The zero-order chi connectivity index (χ0) is 18.6. The molecular weight excluding hydrogens is 416 g/mol. The minimum Gasteiger partial charge on any atom is -0.337 e. The molecule has 136 valence electrons. The van der Waals surface area contributed by atoms with Gasteiger partial charge in [0.1, 0.15) is 0 Å². The van der Waals surface area contributed by atoms with Gasteiger partial charge in [-0.1, -0.05) is 46.3 Å². The molecule has 26 heavy (non-hydrogen) atoms. The van der Waals surface area contributed by atoms with Gasteiger partial charge < -0.3 is 4.90 Å². The zero-order valence-electron chi connectivity index (χ0n) is 14.1. The van der Waals surface area contributed by atoms with E-state index in [1.54, 1.807) is 35.2 Å². The second-order valence-electron chi connectivity index (χ2n) is 5.93. The van der Waals surface area contributed by atoms with Gasteiger partial charge in [0.05, 0.1) is 4.90 Å². The topological polar surface area (TPSA) is 57.7 Å². The molecule has 0 saturated carbocycles. The van der Waals surface area contributed by atoms with Crippen LogP contribution in [0.3, 0.4) is 0 Å². The molecular formula is C19H19BrN2O3S. The Morgan fingerprint density at radius 3 is 2.15 bits per heavy atom. The molecule has 0 atom stereocenters. The van der Waals surface area contributed by atoms with Crippen molar-refractivity contribution in [2.75, 3.05) is 26.2 Å². The van der Waals surface area contributed by atoms with Crippen molar-refractivity contribution in [1.82, 2.24) is 9.21 Å². The third-order valence-corrected chi connectivity index (χ3v) is 6.66. The van der Waals surface area contributed by atoms with E-state index in [1.807, 2.05) is 30.3 Å². The highest BCUT2D eigenvalue weighted by Crippen LogP contribution is 2.20. The number of hydrogen-bond acceptors (Lipinski definition) is 3. The summed E-state index contributed by atoms with van der Waals surface area (Å²) in [6.07, 6.45) is 3.31. The fourth-order valence-electron chi connectivity index (χ4n) is 2.74. The second kappa shape index (κ2) is 8.16. The van der Waals surface area contributed by atoms with Gasteiger partial charge in [-0.2, -0.15) is 4.31 Å². The Balaban J connectivity index is 1.61. The predicted molar refractivity (Wildman–Crippen MR) is 105 cm³/mol. The van der Waals surface area contributed by atoms with E-state index in [1.165, 1.54) is 10.4 Å². The number of benzene rings is 2. The SMILES string of the molecule is O=C(C=Cc1ccccc1)N1CCN(S(=O)(=O)c2ccc(Br)cc2)CC1. The number of piperazine rings is 1. The molecule has 2 aromatic carbocycles. The molecule has 0 aromatic heterocycles. The van der Waals surface area contributed by atoms with E-state index >= 15 is 0 Å². The first kappa shape index (κ1) is 18.8. The Kier molecular flexibility index (Phi) is 5.90. The van der Waals surface area contributed by atoms with Gasteiger partial charge in [-0.25, -0.2) is 8.42 Å². The van der Waals surface area contributed by atoms with Crippen molar-refractivity contribution in [2.45, 2.75) is 4.90 Å². The Bertz CT molecular complexity index is 888. The van der Waals surface area contributed by atoms with Crippen LogP contribution in [0.25, 0.3) is 6.08 Å².